The van der Waals surface area contributed by atoms with Gasteiger partial charge in [0.25, 0.3) is 5.56 Å². The maximum atomic E-state index is 13.4. The number of hydrogen-bond acceptors (Lipinski definition) is 3. The Labute approximate surface area is 103 Å². The Morgan fingerprint density at radius 3 is 3.06 bits per heavy atom. The number of benzene rings is 1. The first-order valence-corrected chi connectivity index (χ1v) is 5.80. The molecule has 0 saturated carbocycles. The molecule has 1 atom stereocenters. The van der Waals surface area contributed by atoms with Crippen molar-refractivity contribution >= 4 is 10.8 Å². The highest BCUT2D eigenvalue weighted by Crippen LogP contribution is 2.29. The van der Waals surface area contributed by atoms with Crippen LogP contribution in [0.3, 0.4) is 0 Å². The quantitative estimate of drug-likeness (QED) is 0.803. The number of aromatic nitrogens is 1. The summed E-state index contributed by atoms with van der Waals surface area (Å²) >= 11 is 0. The van der Waals surface area contributed by atoms with Gasteiger partial charge in [0.1, 0.15) is 5.82 Å². The maximum absolute atomic E-state index is 13.4. The fourth-order valence-corrected chi connectivity index (χ4v) is 2.47. The first-order chi connectivity index (χ1) is 8.70. The molecule has 0 radical (unpaired) electrons. The van der Waals surface area contributed by atoms with Gasteiger partial charge in [-0.15, -0.1) is 0 Å². The van der Waals surface area contributed by atoms with Crippen LogP contribution in [0.5, 0.6) is 0 Å². The molecule has 2 N–H and O–H groups in total. The molecule has 94 valence electrons. The molecule has 1 aromatic heterocycles. The van der Waals surface area contributed by atoms with E-state index in [0.29, 0.717) is 24.0 Å². The molecule has 4 nitrogen and oxygen atoms in total. The lowest BCUT2D eigenvalue weighted by Gasteiger charge is -2.26. The Kier molecular flexibility index (Phi) is 2.65. The average molecular weight is 248 g/mol. The van der Waals surface area contributed by atoms with Crippen molar-refractivity contribution in [1.82, 2.24) is 10.3 Å². The summed E-state index contributed by atoms with van der Waals surface area (Å²) in [6.07, 6.45) is 0. The minimum atomic E-state index is -0.336. The molecule has 0 aliphatic carbocycles. The van der Waals surface area contributed by atoms with Crippen molar-refractivity contribution in [1.29, 1.82) is 0 Å². The second-order valence-corrected chi connectivity index (χ2v) is 4.39. The van der Waals surface area contributed by atoms with Crippen LogP contribution in [-0.2, 0) is 11.3 Å². The summed E-state index contributed by atoms with van der Waals surface area (Å²) in [5.74, 6) is -0.336. The van der Waals surface area contributed by atoms with E-state index >= 15 is 0 Å². The van der Waals surface area contributed by atoms with E-state index in [4.69, 9.17) is 4.74 Å². The van der Waals surface area contributed by atoms with Crippen molar-refractivity contribution < 1.29 is 9.13 Å². The minimum Gasteiger partial charge on any atom is -0.373 e. The Hall–Kier alpha value is -1.72. The SMILES string of the molecule is CNC1COCc2[nH]c(=O)c3ccc(F)cc3c21. The number of nitrogens with one attached hydrogen (secondary N) is 2. The molecule has 1 aliphatic heterocycles. The van der Waals surface area contributed by atoms with Gasteiger partial charge in [-0.25, -0.2) is 4.39 Å². The summed E-state index contributed by atoms with van der Waals surface area (Å²) in [5, 5.41) is 4.30. The second kappa shape index (κ2) is 4.19. The van der Waals surface area contributed by atoms with Gasteiger partial charge < -0.3 is 15.0 Å². The topological polar surface area (TPSA) is 54.1 Å². The van der Waals surface area contributed by atoms with Crippen LogP contribution >= 0.6 is 0 Å². The normalized spacial score (nSPS) is 18.9. The molecule has 18 heavy (non-hydrogen) atoms. The van der Waals surface area contributed by atoms with E-state index in [2.05, 4.69) is 10.3 Å². The fourth-order valence-electron chi connectivity index (χ4n) is 2.47. The highest BCUT2D eigenvalue weighted by Gasteiger charge is 2.23. The van der Waals surface area contributed by atoms with Crippen molar-refractivity contribution in [2.75, 3.05) is 13.7 Å². The first-order valence-electron chi connectivity index (χ1n) is 5.80. The number of rotatable bonds is 1. The summed E-state index contributed by atoms with van der Waals surface area (Å²) in [7, 11) is 1.82. The molecule has 0 spiro atoms. The number of halogens is 1. The molecule has 2 heterocycles. The zero-order valence-electron chi connectivity index (χ0n) is 9.92. The van der Waals surface area contributed by atoms with E-state index in [1.54, 1.807) is 0 Å². The van der Waals surface area contributed by atoms with Crippen LogP contribution < -0.4 is 10.9 Å². The van der Waals surface area contributed by atoms with Crippen LogP contribution in [0.4, 0.5) is 4.39 Å². The molecule has 2 aromatic rings. The fraction of sp³-hybridized carbons (Fsp3) is 0.308. The average Bonchev–Trinajstić information content (AvgIpc) is 2.37. The summed E-state index contributed by atoms with van der Waals surface area (Å²) in [6, 6.07) is 4.21. The van der Waals surface area contributed by atoms with Gasteiger partial charge in [-0.1, -0.05) is 0 Å². The van der Waals surface area contributed by atoms with Crippen molar-refractivity contribution in [3.8, 4) is 0 Å². The lowest BCUT2D eigenvalue weighted by Crippen LogP contribution is -2.30. The lowest BCUT2D eigenvalue weighted by atomic mass is 9.96. The van der Waals surface area contributed by atoms with E-state index in [9.17, 15) is 9.18 Å². The number of likely N-dealkylation sites (N-methyl/N-ethyl adjacent to an activating group) is 1. The van der Waals surface area contributed by atoms with Crippen LogP contribution in [0.2, 0.25) is 0 Å². The van der Waals surface area contributed by atoms with Gasteiger partial charge >= 0.3 is 0 Å². The van der Waals surface area contributed by atoms with Crippen LogP contribution in [-0.4, -0.2) is 18.6 Å². The molecular formula is C13H13FN2O2. The van der Waals surface area contributed by atoms with Gasteiger partial charge in [-0.3, -0.25) is 4.79 Å². The largest absolute Gasteiger partial charge is 0.373 e. The highest BCUT2D eigenvalue weighted by molar-refractivity contribution is 5.86. The molecule has 0 fully saturated rings. The van der Waals surface area contributed by atoms with Crippen LogP contribution in [0.25, 0.3) is 10.8 Å². The van der Waals surface area contributed by atoms with Gasteiger partial charge in [0.15, 0.2) is 0 Å². The predicted molar refractivity (Wildman–Crippen MR) is 66.0 cm³/mol. The number of fused-ring (bicyclic) bond motifs is 3. The molecule has 0 saturated heterocycles. The van der Waals surface area contributed by atoms with Crippen molar-refractivity contribution in [2.45, 2.75) is 12.6 Å². The van der Waals surface area contributed by atoms with Gasteiger partial charge in [-0.05, 0) is 30.6 Å². The molecule has 3 rings (SSSR count). The number of H-pyrrole nitrogens is 1. The van der Waals surface area contributed by atoms with Gasteiger partial charge in [0.05, 0.1) is 19.3 Å². The van der Waals surface area contributed by atoms with E-state index < -0.39 is 0 Å². The molecule has 0 bridgehead atoms. The van der Waals surface area contributed by atoms with E-state index in [-0.39, 0.29) is 17.4 Å². The summed E-state index contributed by atoms with van der Waals surface area (Å²) in [4.78, 5) is 14.7. The van der Waals surface area contributed by atoms with Crippen LogP contribution in [0.15, 0.2) is 23.0 Å². The standard InChI is InChI=1S/C13H13FN2O2/c1-15-10-5-18-6-11-12(10)9-4-7(14)2-3-8(9)13(17)16-11/h2-4,10,15H,5-6H2,1H3,(H,16,17). The smallest absolute Gasteiger partial charge is 0.256 e. The Balaban J connectivity index is 2.40. The molecule has 5 heteroatoms. The molecule has 1 unspecified atom stereocenters. The van der Waals surface area contributed by atoms with Crippen LogP contribution in [0.1, 0.15) is 17.3 Å². The van der Waals surface area contributed by atoms with Gasteiger partial charge in [-0.2, -0.15) is 0 Å². The minimum absolute atomic E-state index is 0.0325. The van der Waals surface area contributed by atoms with E-state index in [1.807, 2.05) is 7.05 Å². The summed E-state index contributed by atoms with van der Waals surface area (Å²) in [5.41, 5.74) is 1.45. The number of pyridine rings is 1. The Bertz CT molecular complexity index is 666. The van der Waals surface area contributed by atoms with Gasteiger partial charge in [0, 0.05) is 16.6 Å². The van der Waals surface area contributed by atoms with Crippen LogP contribution in [0, 0.1) is 5.82 Å². The van der Waals surface area contributed by atoms with E-state index in [1.165, 1.54) is 18.2 Å². The number of hydrogen-bond donors (Lipinski definition) is 2. The molecular weight excluding hydrogens is 235 g/mol. The van der Waals surface area contributed by atoms with Crippen molar-refractivity contribution in [2.24, 2.45) is 0 Å². The number of aromatic amines is 1. The molecule has 0 amide bonds. The van der Waals surface area contributed by atoms with Crippen molar-refractivity contribution in [3.05, 3.63) is 45.6 Å². The lowest BCUT2D eigenvalue weighted by molar-refractivity contribution is 0.0819. The highest BCUT2D eigenvalue weighted by atomic mass is 19.1. The maximum Gasteiger partial charge on any atom is 0.256 e. The third-order valence-corrected chi connectivity index (χ3v) is 3.33. The van der Waals surface area contributed by atoms with E-state index in [0.717, 1.165) is 11.3 Å². The predicted octanol–water partition coefficient (Wildman–Crippen LogP) is 1.46. The summed E-state index contributed by atoms with van der Waals surface area (Å²) < 4.78 is 18.8. The molecule has 1 aromatic carbocycles. The monoisotopic (exact) mass is 248 g/mol. The zero-order valence-corrected chi connectivity index (χ0v) is 9.92. The van der Waals surface area contributed by atoms with Gasteiger partial charge in [0.2, 0.25) is 0 Å². The number of ether oxygens (including phenoxy) is 1. The second-order valence-electron chi connectivity index (χ2n) is 4.39. The Morgan fingerprint density at radius 2 is 2.28 bits per heavy atom. The molecule has 1 aliphatic rings. The zero-order chi connectivity index (χ0) is 12.7. The Morgan fingerprint density at radius 1 is 1.44 bits per heavy atom. The third kappa shape index (κ3) is 1.63. The third-order valence-electron chi connectivity index (χ3n) is 3.33. The van der Waals surface area contributed by atoms with Crippen molar-refractivity contribution in [3.63, 3.8) is 0 Å². The summed E-state index contributed by atoms with van der Waals surface area (Å²) in [6.45, 7) is 0.871. The first kappa shape index (κ1) is 11.4.